The van der Waals surface area contributed by atoms with E-state index in [0.29, 0.717) is 23.2 Å². The van der Waals surface area contributed by atoms with Crippen molar-refractivity contribution in [3.63, 3.8) is 0 Å². The van der Waals surface area contributed by atoms with E-state index in [1.165, 1.54) is 38.6 Å². The van der Waals surface area contributed by atoms with Crippen LogP contribution in [0.1, 0.15) is 77.7 Å². The van der Waals surface area contributed by atoms with Crippen molar-refractivity contribution in [2.45, 2.75) is 83.8 Å². The normalized spacial score (nSPS) is 33.9. The van der Waals surface area contributed by atoms with Gasteiger partial charge in [0, 0.05) is 24.7 Å². The summed E-state index contributed by atoms with van der Waals surface area (Å²) >= 11 is 0. The van der Waals surface area contributed by atoms with Gasteiger partial charge in [0.05, 0.1) is 12.6 Å². The van der Waals surface area contributed by atoms with E-state index in [4.69, 9.17) is 0 Å². The van der Waals surface area contributed by atoms with Crippen LogP contribution in [0.4, 0.5) is 0 Å². The van der Waals surface area contributed by atoms with E-state index in [-0.39, 0.29) is 0 Å². The van der Waals surface area contributed by atoms with Crippen LogP contribution in [0.5, 0.6) is 0 Å². The Morgan fingerprint density at radius 3 is 2.50 bits per heavy atom. The summed E-state index contributed by atoms with van der Waals surface area (Å²) in [6.45, 7) is 9.56. The van der Waals surface area contributed by atoms with Gasteiger partial charge in [-0.2, -0.15) is 0 Å². The molecule has 4 atom stereocenters. The first kappa shape index (κ1) is 20.0. The Morgan fingerprint density at radius 1 is 1.07 bits per heavy atom. The molecule has 1 unspecified atom stereocenters. The molecule has 28 heavy (non-hydrogen) atoms. The van der Waals surface area contributed by atoms with Crippen molar-refractivity contribution in [2.75, 3.05) is 13.1 Å². The van der Waals surface area contributed by atoms with E-state index < -0.39 is 5.60 Å². The van der Waals surface area contributed by atoms with Gasteiger partial charge in [0.1, 0.15) is 12.1 Å². The molecule has 152 valence electrons. The number of nitrogens with one attached hydrogen (secondary N) is 1. The molecule has 1 saturated heterocycles. The van der Waals surface area contributed by atoms with E-state index in [9.17, 15) is 5.11 Å². The highest BCUT2D eigenvalue weighted by molar-refractivity contribution is 5.26. The van der Waals surface area contributed by atoms with Gasteiger partial charge in [-0.25, -0.2) is 0 Å². The Balaban J connectivity index is 1.44. The van der Waals surface area contributed by atoms with Gasteiger partial charge in [0.15, 0.2) is 0 Å². The fraction of sp³-hybridized carbons (Fsp3) is 0.692. The lowest BCUT2D eigenvalue weighted by molar-refractivity contribution is -0.907. The van der Waals surface area contributed by atoms with Gasteiger partial charge in [-0.15, -0.1) is 0 Å². The average Bonchev–Trinajstić information content (AvgIpc) is 3.25. The number of quaternary nitrogens is 1. The van der Waals surface area contributed by atoms with Gasteiger partial charge in [-0.05, 0) is 42.1 Å². The highest BCUT2D eigenvalue weighted by Crippen LogP contribution is 2.47. The molecule has 0 amide bonds. The van der Waals surface area contributed by atoms with Crippen LogP contribution >= 0.6 is 0 Å². The van der Waals surface area contributed by atoms with Crippen molar-refractivity contribution in [3.8, 4) is 11.8 Å². The van der Waals surface area contributed by atoms with E-state index in [0.717, 1.165) is 31.0 Å². The lowest BCUT2D eigenvalue weighted by Gasteiger charge is -2.37. The molecule has 2 N–H and O–H groups in total. The summed E-state index contributed by atoms with van der Waals surface area (Å²) in [6, 6.07) is 11.0. The van der Waals surface area contributed by atoms with Crippen LogP contribution in [0, 0.1) is 28.6 Å². The second-order valence-corrected chi connectivity index (χ2v) is 11.1. The van der Waals surface area contributed by atoms with Crippen LogP contribution in [0.15, 0.2) is 30.3 Å². The minimum absolute atomic E-state index is 0.349. The zero-order valence-electron chi connectivity index (χ0n) is 18.1. The molecule has 3 fully saturated rings. The summed E-state index contributed by atoms with van der Waals surface area (Å²) in [7, 11) is 0. The van der Waals surface area contributed by atoms with Crippen LogP contribution in [0.25, 0.3) is 0 Å². The van der Waals surface area contributed by atoms with E-state index in [2.05, 4.69) is 44.7 Å². The van der Waals surface area contributed by atoms with Crippen molar-refractivity contribution in [3.05, 3.63) is 35.9 Å². The van der Waals surface area contributed by atoms with Crippen molar-refractivity contribution >= 4 is 0 Å². The molecule has 0 radical (unpaired) electrons. The number of fused-ring (bicyclic) bond motifs is 2. The number of hydrogen-bond acceptors (Lipinski definition) is 1. The fourth-order valence-electron chi connectivity index (χ4n) is 6.94. The highest BCUT2D eigenvalue weighted by atomic mass is 16.3. The van der Waals surface area contributed by atoms with Gasteiger partial charge in [-0.1, -0.05) is 69.9 Å². The second kappa shape index (κ2) is 7.51. The SMILES string of the molecule is CC1(C)C[C@@H]2C[C@@](C)(C[NH+]2CC#CC[C@@](O)(c2ccccc2)C2CCCC2)C1. The first-order valence-electron chi connectivity index (χ1n) is 11.4. The molecule has 1 aromatic rings. The first-order chi connectivity index (χ1) is 13.3. The van der Waals surface area contributed by atoms with Gasteiger partial charge >= 0.3 is 0 Å². The summed E-state index contributed by atoms with van der Waals surface area (Å²) in [4.78, 5) is 1.68. The third-order valence-electron chi connectivity index (χ3n) is 7.78. The second-order valence-electron chi connectivity index (χ2n) is 11.1. The first-order valence-corrected chi connectivity index (χ1v) is 11.4. The summed E-state index contributed by atoms with van der Waals surface area (Å²) in [5.74, 6) is 7.26. The lowest BCUT2D eigenvalue weighted by atomic mass is 9.65. The third kappa shape index (κ3) is 4.03. The van der Waals surface area contributed by atoms with Crippen LogP contribution in [-0.2, 0) is 5.60 Å². The molecule has 0 spiro atoms. The molecule has 1 aliphatic heterocycles. The topological polar surface area (TPSA) is 24.7 Å². The lowest BCUT2D eigenvalue weighted by Crippen LogP contribution is -3.13. The Hall–Kier alpha value is -1.30. The molecule has 2 nitrogen and oxygen atoms in total. The average molecular weight is 381 g/mol. The molecule has 1 aromatic carbocycles. The molecule has 2 bridgehead atoms. The molecule has 4 rings (SSSR count). The Kier molecular flexibility index (Phi) is 5.36. The monoisotopic (exact) mass is 380 g/mol. The van der Waals surface area contributed by atoms with Crippen LogP contribution < -0.4 is 4.90 Å². The Morgan fingerprint density at radius 2 is 1.79 bits per heavy atom. The van der Waals surface area contributed by atoms with Crippen molar-refractivity contribution < 1.29 is 10.0 Å². The van der Waals surface area contributed by atoms with Gasteiger partial charge < -0.3 is 10.0 Å². The highest BCUT2D eigenvalue weighted by Gasteiger charge is 2.52. The minimum atomic E-state index is -0.783. The van der Waals surface area contributed by atoms with Gasteiger partial charge in [0.25, 0.3) is 0 Å². The smallest absolute Gasteiger partial charge is 0.139 e. The minimum Gasteiger partial charge on any atom is -0.384 e. The maximum Gasteiger partial charge on any atom is 0.139 e. The van der Waals surface area contributed by atoms with E-state index in [1.54, 1.807) is 4.90 Å². The predicted molar refractivity (Wildman–Crippen MR) is 115 cm³/mol. The molecule has 0 aromatic heterocycles. The van der Waals surface area contributed by atoms with Crippen molar-refractivity contribution in [1.29, 1.82) is 0 Å². The number of hydrogen-bond donors (Lipinski definition) is 2. The summed E-state index contributed by atoms with van der Waals surface area (Å²) in [6.07, 6.45) is 9.34. The summed E-state index contributed by atoms with van der Waals surface area (Å²) < 4.78 is 0. The number of rotatable bonds is 4. The third-order valence-corrected chi connectivity index (χ3v) is 7.78. The molecule has 2 aliphatic carbocycles. The van der Waals surface area contributed by atoms with Crippen molar-refractivity contribution in [1.82, 2.24) is 0 Å². The number of aliphatic hydroxyl groups is 1. The Bertz CT molecular complexity index is 739. The number of benzene rings is 1. The molecule has 1 heterocycles. The van der Waals surface area contributed by atoms with Gasteiger partial charge in [-0.3, -0.25) is 0 Å². The maximum absolute atomic E-state index is 11.6. The number of likely N-dealkylation sites (tertiary alicyclic amines) is 1. The zero-order valence-corrected chi connectivity index (χ0v) is 18.1. The van der Waals surface area contributed by atoms with Crippen LogP contribution in [-0.4, -0.2) is 24.2 Å². The Labute approximate surface area is 171 Å². The van der Waals surface area contributed by atoms with E-state index in [1.807, 2.05) is 18.2 Å². The summed E-state index contributed by atoms with van der Waals surface area (Å²) in [5.41, 5.74) is 1.24. The van der Waals surface area contributed by atoms with Crippen LogP contribution in [0.3, 0.4) is 0 Å². The molecule has 3 aliphatic rings. The molecular formula is C26H38NO+. The standard InChI is InChI=1S/C26H37NO/c1-24(2)17-23-18-25(3,19-24)20-27(23)16-10-9-15-26(28,22-13-7-8-14-22)21-11-5-4-6-12-21/h4-6,11-12,22-23,28H,7-8,13-20H2,1-3H3/p+1/t23-,25-,26-/m1/s1. The van der Waals surface area contributed by atoms with E-state index >= 15 is 0 Å². The largest absolute Gasteiger partial charge is 0.384 e. The fourth-order valence-corrected chi connectivity index (χ4v) is 6.94. The predicted octanol–water partition coefficient (Wildman–Crippen LogP) is 3.94. The van der Waals surface area contributed by atoms with Gasteiger partial charge in [0.2, 0.25) is 0 Å². The quantitative estimate of drug-likeness (QED) is 0.760. The maximum atomic E-state index is 11.6. The molecule has 2 heteroatoms. The molecular weight excluding hydrogens is 342 g/mol. The zero-order chi connectivity index (χ0) is 19.8. The summed E-state index contributed by atoms with van der Waals surface area (Å²) in [5, 5.41) is 11.6. The van der Waals surface area contributed by atoms with Crippen LogP contribution in [0.2, 0.25) is 0 Å². The van der Waals surface area contributed by atoms with Crippen molar-refractivity contribution in [2.24, 2.45) is 16.7 Å². The molecule has 2 saturated carbocycles.